The molecule has 1 heterocycles. The van der Waals surface area contributed by atoms with Crippen molar-refractivity contribution in [2.45, 2.75) is 11.4 Å². The lowest BCUT2D eigenvalue weighted by molar-refractivity contribution is 0.714. The Morgan fingerprint density at radius 1 is 1.29 bits per heavy atom. The average molecular weight is 267 g/mol. The number of rotatable bonds is 4. The third kappa shape index (κ3) is 3.61. The molecule has 2 aromatic rings. The predicted molar refractivity (Wildman–Crippen MR) is 70.7 cm³/mol. The molecule has 1 aromatic heterocycles. The quantitative estimate of drug-likeness (QED) is 0.630. The molecule has 17 heavy (non-hydrogen) atoms. The summed E-state index contributed by atoms with van der Waals surface area (Å²) in [4.78, 5) is 16.6. The Balaban J connectivity index is 1.93. The monoisotopic (exact) mass is 266 g/mol. The van der Waals surface area contributed by atoms with Gasteiger partial charge in [-0.25, -0.2) is 4.98 Å². The first-order valence-corrected chi connectivity index (χ1v) is 6.52. The van der Waals surface area contributed by atoms with Crippen LogP contribution in [0.25, 0.3) is 0 Å². The van der Waals surface area contributed by atoms with Crippen LogP contribution in [0.4, 0.5) is 0 Å². The number of nitrogens with zero attached hydrogens (tertiary/aromatic N) is 2. The molecule has 0 unspecified atom stereocenters. The van der Waals surface area contributed by atoms with Crippen LogP contribution in [0.15, 0.2) is 52.4 Å². The van der Waals surface area contributed by atoms with Gasteiger partial charge in [-0.2, -0.15) is 0 Å². The number of benzene rings is 1. The van der Waals surface area contributed by atoms with Crippen molar-refractivity contribution in [3.8, 4) is 0 Å². The van der Waals surface area contributed by atoms with Crippen molar-refractivity contribution >= 4 is 23.4 Å². The van der Waals surface area contributed by atoms with Crippen molar-refractivity contribution in [2.24, 2.45) is 0 Å². The molecule has 0 atom stereocenters. The first kappa shape index (κ1) is 12.2. The maximum atomic E-state index is 11.5. The molecule has 0 aliphatic carbocycles. The smallest absolute Gasteiger partial charge is 0.254 e. The molecule has 1 aromatic carbocycles. The third-order valence-corrected chi connectivity index (χ3v) is 3.39. The highest BCUT2D eigenvalue weighted by atomic mass is 35.5. The Labute approximate surface area is 108 Å². The van der Waals surface area contributed by atoms with Gasteiger partial charge < -0.3 is 0 Å². The molecule has 0 aliphatic rings. The molecule has 0 bridgehead atoms. The van der Waals surface area contributed by atoms with Gasteiger partial charge in [0.1, 0.15) is 5.15 Å². The molecular formula is C12H11ClN2OS. The van der Waals surface area contributed by atoms with Gasteiger partial charge in [0, 0.05) is 23.3 Å². The molecule has 0 saturated heterocycles. The maximum Gasteiger partial charge on any atom is 0.254 e. The van der Waals surface area contributed by atoms with Gasteiger partial charge in [-0.3, -0.25) is 9.36 Å². The number of aryl methyl sites for hydroxylation is 1. The minimum absolute atomic E-state index is 0.112. The summed E-state index contributed by atoms with van der Waals surface area (Å²) in [7, 11) is 0. The van der Waals surface area contributed by atoms with Crippen LogP contribution in [0, 0.1) is 0 Å². The SMILES string of the molecule is O=c1cc(Cl)ncn1CCSc1ccccc1. The number of thioether (sulfide) groups is 1. The van der Waals surface area contributed by atoms with E-state index in [4.69, 9.17) is 11.6 Å². The minimum Gasteiger partial charge on any atom is -0.298 e. The fraction of sp³-hybridized carbons (Fsp3) is 0.167. The Bertz CT molecular complexity index is 542. The standard InChI is InChI=1S/C12H11ClN2OS/c13-11-8-12(16)15(9-14-11)6-7-17-10-4-2-1-3-5-10/h1-5,8-9H,6-7H2. The first-order chi connectivity index (χ1) is 8.25. The molecule has 0 radical (unpaired) electrons. The van der Waals surface area contributed by atoms with E-state index in [1.54, 1.807) is 16.3 Å². The fourth-order valence-corrected chi connectivity index (χ4v) is 2.36. The van der Waals surface area contributed by atoms with Crippen LogP contribution < -0.4 is 5.56 Å². The van der Waals surface area contributed by atoms with Crippen LogP contribution in [0.3, 0.4) is 0 Å². The summed E-state index contributed by atoms with van der Waals surface area (Å²) in [5.74, 6) is 0.827. The second kappa shape index (κ2) is 5.89. The topological polar surface area (TPSA) is 34.9 Å². The van der Waals surface area contributed by atoms with Gasteiger partial charge in [0.15, 0.2) is 0 Å². The highest BCUT2D eigenvalue weighted by Gasteiger charge is 1.98. The first-order valence-electron chi connectivity index (χ1n) is 5.15. The zero-order chi connectivity index (χ0) is 12.1. The van der Waals surface area contributed by atoms with Crippen LogP contribution in [0.5, 0.6) is 0 Å². The summed E-state index contributed by atoms with van der Waals surface area (Å²) in [6.07, 6.45) is 1.48. The number of aromatic nitrogens is 2. The average Bonchev–Trinajstić information content (AvgIpc) is 2.33. The highest BCUT2D eigenvalue weighted by Crippen LogP contribution is 2.16. The van der Waals surface area contributed by atoms with E-state index in [0.717, 1.165) is 5.75 Å². The van der Waals surface area contributed by atoms with E-state index in [1.807, 2.05) is 30.3 Å². The summed E-state index contributed by atoms with van der Waals surface area (Å²) in [5.41, 5.74) is -0.112. The van der Waals surface area contributed by atoms with E-state index in [-0.39, 0.29) is 10.7 Å². The van der Waals surface area contributed by atoms with Gasteiger partial charge >= 0.3 is 0 Å². The van der Waals surface area contributed by atoms with Gasteiger partial charge in [-0.15, -0.1) is 11.8 Å². The second-order valence-electron chi connectivity index (χ2n) is 3.40. The maximum absolute atomic E-state index is 11.5. The molecule has 0 spiro atoms. The lowest BCUT2D eigenvalue weighted by Crippen LogP contribution is -2.20. The van der Waals surface area contributed by atoms with Gasteiger partial charge in [0.2, 0.25) is 0 Å². The normalized spacial score (nSPS) is 10.4. The van der Waals surface area contributed by atoms with Crippen molar-refractivity contribution < 1.29 is 0 Å². The Kier molecular flexibility index (Phi) is 4.23. The lowest BCUT2D eigenvalue weighted by atomic mass is 10.4. The zero-order valence-electron chi connectivity index (χ0n) is 9.04. The van der Waals surface area contributed by atoms with Crippen molar-refractivity contribution in [3.05, 3.63) is 58.2 Å². The molecular weight excluding hydrogens is 256 g/mol. The Hall–Kier alpha value is -1.26. The lowest BCUT2D eigenvalue weighted by Gasteiger charge is -2.04. The molecule has 88 valence electrons. The van der Waals surface area contributed by atoms with E-state index < -0.39 is 0 Å². The summed E-state index contributed by atoms with van der Waals surface area (Å²) in [5, 5.41) is 0.238. The van der Waals surface area contributed by atoms with Crippen molar-refractivity contribution in [1.29, 1.82) is 0 Å². The summed E-state index contributed by atoms with van der Waals surface area (Å²) in [6, 6.07) is 11.4. The van der Waals surface area contributed by atoms with Gasteiger partial charge in [0.25, 0.3) is 5.56 Å². The summed E-state index contributed by atoms with van der Waals surface area (Å²) >= 11 is 7.32. The van der Waals surface area contributed by atoms with Gasteiger partial charge in [-0.05, 0) is 12.1 Å². The van der Waals surface area contributed by atoms with Gasteiger partial charge in [-0.1, -0.05) is 29.8 Å². The molecule has 2 rings (SSSR count). The predicted octanol–water partition coefficient (Wildman–Crippen LogP) is 2.69. The molecule has 5 heteroatoms. The zero-order valence-corrected chi connectivity index (χ0v) is 10.6. The molecule has 0 N–H and O–H groups in total. The van der Waals surface area contributed by atoms with Crippen LogP contribution in [0.1, 0.15) is 0 Å². The number of hydrogen-bond acceptors (Lipinski definition) is 3. The van der Waals surface area contributed by atoms with Crippen molar-refractivity contribution in [3.63, 3.8) is 0 Å². The Morgan fingerprint density at radius 2 is 2.06 bits per heavy atom. The van der Waals surface area contributed by atoms with E-state index in [9.17, 15) is 4.79 Å². The second-order valence-corrected chi connectivity index (χ2v) is 4.96. The molecule has 0 fully saturated rings. The molecule has 0 aliphatic heterocycles. The van der Waals surface area contributed by atoms with E-state index in [0.29, 0.717) is 6.54 Å². The number of halogens is 1. The molecule has 3 nitrogen and oxygen atoms in total. The van der Waals surface area contributed by atoms with Gasteiger partial charge in [0.05, 0.1) is 6.33 Å². The van der Waals surface area contributed by atoms with Crippen LogP contribution >= 0.6 is 23.4 Å². The minimum atomic E-state index is -0.112. The molecule has 0 amide bonds. The van der Waals surface area contributed by atoms with Crippen LogP contribution in [0.2, 0.25) is 5.15 Å². The van der Waals surface area contributed by atoms with Crippen molar-refractivity contribution in [1.82, 2.24) is 9.55 Å². The molecule has 0 saturated carbocycles. The summed E-state index contributed by atoms with van der Waals surface area (Å²) < 4.78 is 1.56. The number of hydrogen-bond donors (Lipinski definition) is 0. The largest absolute Gasteiger partial charge is 0.298 e. The van der Waals surface area contributed by atoms with E-state index >= 15 is 0 Å². The fourth-order valence-electron chi connectivity index (χ4n) is 1.35. The third-order valence-electron chi connectivity index (χ3n) is 2.19. The highest BCUT2D eigenvalue weighted by molar-refractivity contribution is 7.99. The van der Waals surface area contributed by atoms with E-state index in [2.05, 4.69) is 4.98 Å². The van der Waals surface area contributed by atoms with Crippen LogP contribution in [-0.4, -0.2) is 15.3 Å². The van der Waals surface area contributed by atoms with E-state index in [1.165, 1.54) is 17.3 Å². The Morgan fingerprint density at radius 3 is 2.76 bits per heavy atom. The summed E-state index contributed by atoms with van der Waals surface area (Å²) in [6.45, 7) is 0.628. The van der Waals surface area contributed by atoms with Crippen molar-refractivity contribution in [2.75, 3.05) is 5.75 Å². The van der Waals surface area contributed by atoms with Crippen LogP contribution in [-0.2, 0) is 6.54 Å².